The molecule has 0 aliphatic carbocycles. The molecule has 79 heavy (non-hydrogen) atoms. The zero-order valence-corrected chi connectivity index (χ0v) is 51.0. The topological polar surface area (TPSA) is 175 Å². The number of aliphatic hydroxyl groups is 5. The van der Waals surface area contributed by atoms with Gasteiger partial charge in [-0.05, 0) is 44.9 Å². The molecule has 0 aromatic carbocycles. The van der Waals surface area contributed by atoms with Crippen LogP contribution in [-0.2, 0) is 23.8 Å². The van der Waals surface area contributed by atoms with Crippen LogP contribution in [0.15, 0.2) is 60.8 Å². The molecule has 6 N–H and O–H groups in total. The van der Waals surface area contributed by atoms with Crippen LogP contribution < -0.4 is 5.32 Å². The largest absolute Gasteiger partial charge is 0.454 e. The van der Waals surface area contributed by atoms with Gasteiger partial charge in [0.05, 0.1) is 25.4 Å². The highest BCUT2D eigenvalue weighted by molar-refractivity contribution is 5.80. The molecule has 1 rings (SSSR count). The van der Waals surface area contributed by atoms with Crippen LogP contribution >= 0.6 is 0 Å². The van der Waals surface area contributed by atoms with Crippen LogP contribution in [-0.4, -0.2) is 99.6 Å². The molecule has 1 heterocycles. The van der Waals surface area contributed by atoms with E-state index in [-0.39, 0.29) is 13.0 Å². The third kappa shape index (κ3) is 43.7. The van der Waals surface area contributed by atoms with Gasteiger partial charge < -0.3 is 45.1 Å². The van der Waals surface area contributed by atoms with Crippen molar-refractivity contribution in [3.05, 3.63) is 60.8 Å². The maximum absolute atomic E-state index is 13.4. The number of amides is 1. The van der Waals surface area contributed by atoms with Gasteiger partial charge in [-0.25, -0.2) is 0 Å². The summed E-state index contributed by atoms with van der Waals surface area (Å²) in [4.78, 5) is 26.5. The van der Waals surface area contributed by atoms with E-state index in [4.69, 9.17) is 14.2 Å². The molecule has 8 atom stereocenters. The van der Waals surface area contributed by atoms with Gasteiger partial charge in [0, 0.05) is 6.42 Å². The Kier molecular flexibility index (Phi) is 52.6. The predicted molar refractivity (Wildman–Crippen MR) is 329 cm³/mol. The fourth-order valence-electron chi connectivity index (χ4n) is 10.3. The Balaban J connectivity index is 2.55. The van der Waals surface area contributed by atoms with Crippen molar-refractivity contribution < 1.29 is 49.3 Å². The summed E-state index contributed by atoms with van der Waals surface area (Å²) in [5.41, 5.74) is 0. The van der Waals surface area contributed by atoms with E-state index in [0.29, 0.717) is 19.3 Å². The molecule has 11 heteroatoms. The molecule has 8 unspecified atom stereocenters. The van der Waals surface area contributed by atoms with E-state index in [0.717, 1.165) is 64.2 Å². The highest BCUT2D eigenvalue weighted by Crippen LogP contribution is 2.26. The standard InChI is InChI=1S/C68H123NO10/c1-4-7-10-13-16-19-22-24-25-26-27-28-29-30-31-32-33-34-35-36-38-40-43-46-49-52-55-61(72)67(76)69-59(60(71)54-51-48-45-42-39-21-18-15-12-9-6-3)58-77-68-66(65(75)64(74)62(57-70)78-68)79-63(73)56-53-50-47-44-41-37-23-20-17-14-11-8-5-2/h8,11,14,17,20,23,37,41,51,54,59-62,64-66,68,70-72,74-75H,4-7,9-10,12-13,15-16,18-19,21-22,24-36,38-40,42-50,52-53,55-58H2,1-3H3,(H,69,76)/b11-8+,17-14+,23-20-,41-37-,54-51+. The second-order valence-electron chi connectivity index (χ2n) is 22.9. The number of ether oxygens (including phenoxy) is 3. The minimum atomic E-state index is -1.63. The molecule has 0 spiro atoms. The first-order chi connectivity index (χ1) is 38.7. The SMILES string of the molecule is CC/C=C/C=C/C=C\C=C/CCCCCC(=O)OC1C(OCC(NC(=O)C(O)CCCCCCCCCCCCCCCCCCCCCCCCCCCC)C(O)/C=C/CCCCCCCCCCC)OC(CO)C(O)C1O. The van der Waals surface area contributed by atoms with E-state index < -0.39 is 67.4 Å². The molecule has 0 aromatic rings. The Morgan fingerprint density at radius 3 is 1.37 bits per heavy atom. The first-order valence-electron chi connectivity index (χ1n) is 33.1. The molecule has 0 radical (unpaired) electrons. The fourth-order valence-corrected chi connectivity index (χ4v) is 10.3. The third-order valence-electron chi connectivity index (χ3n) is 15.5. The smallest absolute Gasteiger partial charge is 0.306 e. The molecular formula is C68H123NO10. The van der Waals surface area contributed by atoms with Crippen LogP contribution in [0.5, 0.6) is 0 Å². The summed E-state index contributed by atoms with van der Waals surface area (Å²) in [5.74, 6) is -1.23. The van der Waals surface area contributed by atoms with Crippen LogP contribution in [0, 0.1) is 0 Å². The summed E-state index contributed by atoms with van der Waals surface area (Å²) < 4.78 is 17.6. The maximum Gasteiger partial charge on any atom is 0.306 e. The number of carbonyl (C=O) groups excluding carboxylic acids is 2. The van der Waals surface area contributed by atoms with Crippen molar-refractivity contribution in [2.75, 3.05) is 13.2 Å². The highest BCUT2D eigenvalue weighted by Gasteiger charge is 2.47. The molecule has 0 aromatic heterocycles. The average molecular weight is 1110 g/mol. The Morgan fingerprint density at radius 2 is 0.911 bits per heavy atom. The summed E-state index contributed by atoms with van der Waals surface area (Å²) in [6, 6.07) is -1.03. The highest BCUT2D eigenvalue weighted by atomic mass is 16.7. The van der Waals surface area contributed by atoms with Gasteiger partial charge in [-0.15, -0.1) is 0 Å². The summed E-state index contributed by atoms with van der Waals surface area (Å²) in [6.45, 7) is 5.64. The number of hydrogen-bond acceptors (Lipinski definition) is 10. The molecule has 1 amide bonds. The normalized spacial score (nSPS) is 19.2. The van der Waals surface area contributed by atoms with E-state index in [1.165, 1.54) is 186 Å². The van der Waals surface area contributed by atoms with Crippen LogP contribution in [0.25, 0.3) is 0 Å². The number of rotatable bonds is 56. The summed E-state index contributed by atoms with van der Waals surface area (Å²) in [6.07, 6.45) is 60.1. The van der Waals surface area contributed by atoms with Gasteiger partial charge in [-0.3, -0.25) is 9.59 Å². The number of aliphatic hydroxyl groups excluding tert-OH is 5. The first kappa shape index (κ1) is 74.4. The lowest BCUT2D eigenvalue weighted by molar-refractivity contribution is -0.305. The third-order valence-corrected chi connectivity index (χ3v) is 15.5. The minimum absolute atomic E-state index is 0.0772. The molecule has 1 aliphatic heterocycles. The summed E-state index contributed by atoms with van der Waals surface area (Å²) in [7, 11) is 0. The predicted octanol–water partition coefficient (Wildman–Crippen LogP) is 16.2. The maximum atomic E-state index is 13.4. The van der Waals surface area contributed by atoms with Crippen molar-refractivity contribution in [3.8, 4) is 0 Å². The number of carbonyl (C=O) groups is 2. The lowest BCUT2D eigenvalue weighted by Crippen LogP contribution is -2.61. The average Bonchev–Trinajstić information content (AvgIpc) is 3.47. The van der Waals surface area contributed by atoms with Crippen LogP contribution in [0.4, 0.5) is 0 Å². The monoisotopic (exact) mass is 1110 g/mol. The number of allylic oxidation sites excluding steroid dienone is 9. The molecule has 0 saturated carbocycles. The van der Waals surface area contributed by atoms with E-state index in [1.807, 2.05) is 42.5 Å². The first-order valence-corrected chi connectivity index (χ1v) is 33.1. The Hall–Kier alpha value is -2.64. The van der Waals surface area contributed by atoms with Crippen molar-refractivity contribution in [2.45, 2.75) is 346 Å². The zero-order valence-electron chi connectivity index (χ0n) is 51.0. The second kappa shape index (κ2) is 55.9. The molecule has 1 saturated heterocycles. The zero-order chi connectivity index (χ0) is 57.5. The second-order valence-corrected chi connectivity index (χ2v) is 22.9. The van der Waals surface area contributed by atoms with Gasteiger partial charge >= 0.3 is 5.97 Å². The van der Waals surface area contributed by atoms with Crippen molar-refractivity contribution in [1.82, 2.24) is 5.32 Å². The molecule has 0 bridgehead atoms. The molecule has 11 nitrogen and oxygen atoms in total. The van der Waals surface area contributed by atoms with Crippen molar-refractivity contribution in [1.29, 1.82) is 0 Å². The number of nitrogens with one attached hydrogen (secondary N) is 1. The van der Waals surface area contributed by atoms with E-state index in [2.05, 4.69) is 38.2 Å². The molecule has 1 fully saturated rings. The van der Waals surface area contributed by atoms with Gasteiger partial charge in [0.2, 0.25) is 5.91 Å². The molecule has 460 valence electrons. The van der Waals surface area contributed by atoms with Gasteiger partial charge in [0.25, 0.3) is 0 Å². The lowest BCUT2D eigenvalue weighted by Gasteiger charge is -2.41. The van der Waals surface area contributed by atoms with E-state index >= 15 is 0 Å². The van der Waals surface area contributed by atoms with Crippen LogP contribution in [0.2, 0.25) is 0 Å². The van der Waals surface area contributed by atoms with Crippen molar-refractivity contribution in [2.24, 2.45) is 0 Å². The van der Waals surface area contributed by atoms with E-state index in [9.17, 15) is 35.1 Å². The van der Waals surface area contributed by atoms with E-state index in [1.54, 1.807) is 6.08 Å². The number of hydrogen-bond donors (Lipinski definition) is 6. The summed E-state index contributed by atoms with van der Waals surface area (Å²) >= 11 is 0. The Morgan fingerprint density at radius 1 is 0.506 bits per heavy atom. The Bertz CT molecular complexity index is 1510. The van der Waals surface area contributed by atoms with Gasteiger partial charge in [0.1, 0.15) is 24.4 Å². The summed E-state index contributed by atoms with van der Waals surface area (Å²) in [5, 5.41) is 57.0. The van der Waals surface area contributed by atoms with Crippen LogP contribution in [0.1, 0.15) is 297 Å². The number of esters is 1. The van der Waals surface area contributed by atoms with Gasteiger partial charge in [-0.2, -0.15) is 0 Å². The van der Waals surface area contributed by atoms with Crippen molar-refractivity contribution in [3.63, 3.8) is 0 Å². The minimum Gasteiger partial charge on any atom is -0.454 e. The number of unbranched alkanes of at least 4 members (excludes halogenated alkanes) is 37. The quantitative estimate of drug-likeness (QED) is 0.0149. The fraction of sp³-hybridized carbons (Fsp3) is 0.824. The van der Waals surface area contributed by atoms with Crippen molar-refractivity contribution >= 4 is 11.9 Å². The van der Waals surface area contributed by atoms with Gasteiger partial charge in [0.15, 0.2) is 12.4 Å². The van der Waals surface area contributed by atoms with Gasteiger partial charge in [-0.1, -0.05) is 306 Å². The Labute approximate surface area is 484 Å². The molecular weight excluding hydrogens is 991 g/mol. The molecule has 1 aliphatic rings. The van der Waals surface area contributed by atoms with Crippen LogP contribution in [0.3, 0.4) is 0 Å². The lowest BCUT2D eigenvalue weighted by atomic mass is 9.99.